The minimum atomic E-state index is -0.288. The Hall–Kier alpha value is -3.10. The van der Waals surface area contributed by atoms with Crippen molar-refractivity contribution in [1.29, 1.82) is 0 Å². The van der Waals surface area contributed by atoms with Crippen molar-refractivity contribution in [3.8, 4) is 5.75 Å². The fourth-order valence-electron chi connectivity index (χ4n) is 3.34. The Morgan fingerprint density at radius 2 is 1.79 bits per heavy atom. The molecule has 1 fully saturated rings. The van der Waals surface area contributed by atoms with Crippen LogP contribution >= 0.6 is 0 Å². The van der Waals surface area contributed by atoms with Gasteiger partial charge in [0.15, 0.2) is 5.69 Å². The Kier molecular flexibility index (Phi) is 5.92. The van der Waals surface area contributed by atoms with E-state index in [1.807, 2.05) is 18.2 Å². The Balaban J connectivity index is 1.23. The van der Waals surface area contributed by atoms with Crippen molar-refractivity contribution >= 4 is 5.91 Å². The number of hydrogen-bond donors (Lipinski definition) is 2. The van der Waals surface area contributed by atoms with Crippen LogP contribution < -0.4 is 5.32 Å². The molecule has 0 radical (unpaired) electrons. The van der Waals surface area contributed by atoms with Crippen molar-refractivity contribution in [3.63, 3.8) is 0 Å². The number of phenols is 1. The number of para-hydroxylation sites is 1. The zero-order chi connectivity index (χ0) is 20.1. The van der Waals surface area contributed by atoms with Crippen LogP contribution in [0.25, 0.3) is 0 Å². The van der Waals surface area contributed by atoms with Gasteiger partial charge in [-0.3, -0.25) is 14.6 Å². The van der Waals surface area contributed by atoms with Gasteiger partial charge in [0.2, 0.25) is 5.89 Å². The molecule has 1 saturated heterocycles. The molecule has 0 bridgehead atoms. The van der Waals surface area contributed by atoms with Crippen molar-refractivity contribution in [1.82, 2.24) is 20.1 Å². The molecule has 2 aromatic heterocycles. The smallest absolute Gasteiger partial charge is 0.273 e. The molecule has 0 unspecified atom stereocenters. The first-order valence-electron chi connectivity index (χ1n) is 9.64. The summed E-state index contributed by atoms with van der Waals surface area (Å²) in [5, 5.41) is 12.7. The number of nitrogens with zero attached hydrogens (tertiary/aromatic N) is 3. The minimum absolute atomic E-state index is 0.268. The van der Waals surface area contributed by atoms with Gasteiger partial charge in [0.05, 0.1) is 19.4 Å². The molecule has 1 amide bonds. The summed E-state index contributed by atoms with van der Waals surface area (Å²) in [5.41, 5.74) is 1.21. The largest absolute Gasteiger partial charge is 0.508 e. The lowest BCUT2D eigenvalue weighted by Crippen LogP contribution is -2.45. The van der Waals surface area contributed by atoms with Crippen LogP contribution in [-0.4, -0.2) is 52.0 Å². The average molecular weight is 396 g/mol. The third-order valence-electron chi connectivity index (χ3n) is 5.00. The summed E-state index contributed by atoms with van der Waals surface area (Å²) in [6, 6.07) is 11.0. The van der Waals surface area contributed by atoms with E-state index in [2.05, 4.69) is 20.1 Å². The number of aromatic nitrogens is 1. The van der Waals surface area contributed by atoms with E-state index >= 15 is 0 Å². The average Bonchev–Trinajstić information content (AvgIpc) is 3.42. The summed E-state index contributed by atoms with van der Waals surface area (Å²) in [5.74, 6) is 1.27. The summed E-state index contributed by atoms with van der Waals surface area (Å²) in [6.07, 6.45) is 2.96. The highest BCUT2D eigenvalue weighted by atomic mass is 16.3. The molecule has 0 aliphatic carbocycles. The second-order valence-electron chi connectivity index (χ2n) is 7.07. The van der Waals surface area contributed by atoms with E-state index in [0.29, 0.717) is 30.5 Å². The van der Waals surface area contributed by atoms with E-state index in [1.54, 1.807) is 24.5 Å². The number of benzene rings is 1. The molecule has 0 saturated carbocycles. The van der Waals surface area contributed by atoms with Crippen LogP contribution in [-0.2, 0) is 19.6 Å². The molecule has 2 N–H and O–H groups in total. The summed E-state index contributed by atoms with van der Waals surface area (Å²) in [6.45, 7) is 5.14. The second kappa shape index (κ2) is 8.93. The number of amides is 1. The Morgan fingerprint density at radius 1 is 1.03 bits per heavy atom. The molecule has 8 heteroatoms. The number of rotatable bonds is 7. The number of furan rings is 1. The third-order valence-corrected chi connectivity index (χ3v) is 5.00. The van der Waals surface area contributed by atoms with E-state index in [1.165, 1.54) is 6.26 Å². The van der Waals surface area contributed by atoms with Crippen molar-refractivity contribution in [2.75, 3.05) is 26.2 Å². The topological polar surface area (TPSA) is 95.0 Å². The highest BCUT2D eigenvalue weighted by Crippen LogP contribution is 2.19. The number of carbonyl (C=O) groups excluding carboxylic acids is 1. The zero-order valence-electron chi connectivity index (χ0n) is 16.1. The zero-order valence-corrected chi connectivity index (χ0v) is 16.1. The standard InChI is InChI=1S/C21H24N4O4/c26-19-6-2-1-4-16(19)13-24-7-9-25(10-8-24)14-20-23-18(15-29-20)21(27)22-12-17-5-3-11-28-17/h1-6,11,15,26H,7-10,12-14H2,(H,22,27). The second-order valence-corrected chi connectivity index (χ2v) is 7.07. The molecule has 0 atom stereocenters. The lowest BCUT2D eigenvalue weighted by atomic mass is 10.1. The van der Waals surface area contributed by atoms with Gasteiger partial charge in [-0.2, -0.15) is 0 Å². The van der Waals surface area contributed by atoms with Gasteiger partial charge in [-0.1, -0.05) is 18.2 Å². The highest BCUT2D eigenvalue weighted by Gasteiger charge is 2.20. The molecule has 4 rings (SSSR count). The first-order valence-corrected chi connectivity index (χ1v) is 9.64. The van der Waals surface area contributed by atoms with Crippen LogP contribution in [0.5, 0.6) is 5.75 Å². The Morgan fingerprint density at radius 3 is 2.52 bits per heavy atom. The SMILES string of the molecule is O=C(NCc1ccco1)c1coc(CN2CCN(Cc3ccccc3O)CC2)n1. The van der Waals surface area contributed by atoms with E-state index in [-0.39, 0.29) is 11.6 Å². The van der Waals surface area contributed by atoms with Gasteiger partial charge >= 0.3 is 0 Å². The molecule has 3 aromatic rings. The van der Waals surface area contributed by atoms with Crippen LogP contribution in [0.15, 0.2) is 57.8 Å². The van der Waals surface area contributed by atoms with Gasteiger partial charge in [-0.05, 0) is 18.2 Å². The first kappa shape index (κ1) is 19.2. The first-order chi connectivity index (χ1) is 14.2. The van der Waals surface area contributed by atoms with Gasteiger partial charge in [-0.15, -0.1) is 0 Å². The van der Waals surface area contributed by atoms with E-state index < -0.39 is 0 Å². The number of aromatic hydroxyl groups is 1. The molecule has 1 aliphatic heterocycles. The van der Waals surface area contributed by atoms with Crippen molar-refractivity contribution < 1.29 is 18.7 Å². The fraction of sp³-hybridized carbons (Fsp3) is 0.333. The van der Waals surface area contributed by atoms with Gasteiger partial charge in [-0.25, -0.2) is 4.98 Å². The van der Waals surface area contributed by atoms with Crippen LogP contribution in [0.4, 0.5) is 0 Å². The minimum Gasteiger partial charge on any atom is -0.508 e. The molecular formula is C21H24N4O4. The molecule has 0 spiro atoms. The van der Waals surface area contributed by atoms with Crippen LogP contribution in [0, 0.1) is 0 Å². The van der Waals surface area contributed by atoms with Gasteiger partial charge in [0, 0.05) is 38.3 Å². The third kappa shape index (κ3) is 5.04. The van der Waals surface area contributed by atoms with Crippen LogP contribution in [0.3, 0.4) is 0 Å². The maximum Gasteiger partial charge on any atom is 0.273 e. The number of oxazole rings is 1. The molecule has 152 valence electrons. The number of piperazine rings is 1. The number of phenolic OH excluding ortho intramolecular Hbond substituents is 1. The molecular weight excluding hydrogens is 372 g/mol. The van der Waals surface area contributed by atoms with Crippen molar-refractivity contribution in [2.24, 2.45) is 0 Å². The normalized spacial score (nSPS) is 15.4. The lowest BCUT2D eigenvalue weighted by Gasteiger charge is -2.34. The van der Waals surface area contributed by atoms with Crippen molar-refractivity contribution in [2.45, 2.75) is 19.6 Å². The predicted molar refractivity (Wildman–Crippen MR) is 105 cm³/mol. The highest BCUT2D eigenvalue weighted by molar-refractivity contribution is 5.91. The number of carbonyl (C=O) groups is 1. The lowest BCUT2D eigenvalue weighted by molar-refractivity contribution is 0.0942. The van der Waals surface area contributed by atoms with Gasteiger partial charge < -0.3 is 19.3 Å². The van der Waals surface area contributed by atoms with Crippen LogP contribution in [0.1, 0.15) is 27.7 Å². The monoisotopic (exact) mass is 396 g/mol. The summed E-state index contributed by atoms with van der Waals surface area (Å²) in [7, 11) is 0. The fourth-order valence-corrected chi connectivity index (χ4v) is 3.34. The van der Waals surface area contributed by atoms with Gasteiger partial charge in [0.1, 0.15) is 17.8 Å². The van der Waals surface area contributed by atoms with Gasteiger partial charge in [0.25, 0.3) is 5.91 Å². The predicted octanol–water partition coefficient (Wildman–Crippen LogP) is 2.22. The Bertz CT molecular complexity index is 930. The Labute approximate surface area is 168 Å². The molecule has 3 heterocycles. The summed E-state index contributed by atoms with van der Waals surface area (Å²) in [4.78, 5) is 21.0. The van der Waals surface area contributed by atoms with Crippen molar-refractivity contribution in [3.05, 3.63) is 71.8 Å². The molecule has 8 nitrogen and oxygen atoms in total. The van der Waals surface area contributed by atoms with E-state index in [9.17, 15) is 9.90 Å². The molecule has 1 aliphatic rings. The number of hydrogen-bond acceptors (Lipinski definition) is 7. The molecule has 29 heavy (non-hydrogen) atoms. The maximum absolute atomic E-state index is 12.2. The summed E-state index contributed by atoms with van der Waals surface area (Å²) >= 11 is 0. The summed E-state index contributed by atoms with van der Waals surface area (Å²) < 4.78 is 10.7. The number of nitrogens with one attached hydrogen (secondary N) is 1. The van der Waals surface area contributed by atoms with E-state index in [0.717, 1.165) is 38.3 Å². The van der Waals surface area contributed by atoms with E-state index in [4.69, 9.17) is 8.83 Å². The quantitative estimate of drug-likeness (QED) is 0.632. The molecule has 1 aromatic carbocycles. The van der Waals surface area contributed by atoms with Crippen LogP contribution in [0.2, 0.25) is 0 Å². The maximum atomic E-state index is 12.2.